The van der Waals surface area contributed by atoms with Gasteiger partial charge in [0.25, 0.3) is 11.5 Å². The van der Waals surface area contributed by atoms with E-state index in [9.17, 15) is 19.2 Å². The molecule has 144 valence electrons. The van der Waals surface area contributed by atoms with Crippen LogP contribution in [-0.4, -0.2) is 40.0 Å². The summed E-state index contributed by atoms with van der Waals surface area (Å²) in [5.74, 6) is -0.464. The fraction of sp³-hybridized carbons (Fsp3) is 0.200. The van der Waals surface area contributed by atoms with Crippen molar-refractivity contribution in [2.45, 2.75) is 11.4 Å². The minimum atomic E-state index is -1.13. The quantitative estimate of drug-likeness (QED) is 0.682. The Morgan fingerprint density at radius 3 is 2.64 bits per heavy atom. The molecule has 7 nitrogen and oxygen atoms in total. The van der Waals surface area contributed by atoms with Crippen LogP contribution in [0.5, 0.6) is 11.5 Å². The van der Waals surface area contributed by atoms with Gasteiger partial charge in [0.2, 0.25) is 0 Å². The van der Waals surface area contributed by atoms with Gasteiger partial charge in [-0.3, -0.25) is 9.59 Å². The van der Waals surface area contributed by atoms with Crippen molar-refractivity contribution in [3.63, 3.8) is 0 Å². The fourth-order valence-corrected chi connectivity index (χ4v) is 3.90. The van der Waals surface area contributed by atoms with E-state index in [1.807, 2.05) is 0 Å². The molecule has 1 amide bonds. The number of aromatic nitrogens is 1. The van der Waals surface area contributed by atoms with Crippen molar-refractivity contribution < 1.29 is 19.2 Å². The third kappa shape index (κ3) is 2.81. The van der Waals surface area contributed by atoms with Crippen LogP contribution in [0.3, 0.4) is 0 Å². The van der Waals surface area contributed by atoms with Crippen molar-refractivity contribution in [2.75, 3.05) is 24.8 Å². The number of para-hydroxylation sites is 1. The molecule has 1 aliphatic heterocycles. The molecule has 0 saturated carbocycles. The van der Waals surface area contributed by atoms with Crippen LogP contribution in [0.2, 0.25) is 0 Å². The number of hydrogen-bond acceptors (Lipinski definition) is 5. The minimum Gasteiger partial charge on any atom is -0.612 e. The minimum absolute atomic E-state index is 0.280. The molecule has 28 heavy (non-hydrogen) atoms. The molecule has 3 aromatic rings. The van der Waals surface area contributed by atoms with E-state index < -0.39 is 22.6 Å². The summed E-state index contributed by atoms with van der Waals surface area (Å²) in [5, 5.41) is 11.1. The zero-order valence-corrected chi connectivity index (χ0v) is 16.2. The van der Waals surface area contributed by atoms with Gasteiger partial charge in [-0.25, -0.2) is 0 Å². The number of carbonyl (C=O) groups excluding carboxylic acids is 1. The van der Waals surface area contributed by atoms with E-state index in [0.717, 1.165) is 0 Å². The Balaban J connectivity index is 1.83. The summed E-state index contributed by atoms with van der Waals surface area (Å²) in [6.07, 6.45) is 1.57. The summed E-state index contributed by atoms with van der Waals surface area (Å²) >= 11 is -1.13. The first-order valence-corrected chi connectivity index (χ1v) is 10.2. The first-order valence-electron chi connectivity index (χ1n) is 8.63. The molecular weight excluding hydrogens is 380 g/mol. The second kappa shape index (κ2) is 6.88. The Morgan fingerprint density at radius 2 is 1.96 bits per heavy atom. The van der Waals surface area contributed by atoms with E-state index in [1.54, 1.807) is 48.7 Å². The average molecular weight is 398 g/mol. The van der Waals surface area contributed by atoms with Crippen molar-refractivity contribution in [2.24, 2.45) is 0 Å². The van der Waals surface area contributed by atoms with E-state index in [1.165, 1.54) is 16.5 Å². The third-order valence-electron chi connectivity index (χ3n) is 4.87. The Hall–Kier alpha value is -2.97. The highest BCUT2D eigenvalue weighted by atomic mass is 32.2. The van der Waals surface area contributed by atoms with Crippen LogP contribution < -0.4 is 15.2 Å². The van der Waals surface area contributed by atoms with Gasteiger partial charge >= 0.3 is 0 Å². The normalized spacial score (nSPS) is 13.8. The standard InChI is InChI=1S/C20H18N2O5S/c1-21(12-6-8-13(9-7-12)28(2)26)19(24)16-18(23)14-4-3-5-15-17(14)22(20(16)25)10-11-27-15/h3-9,23H,10-11H2,1-2H3. The summed E-state index contributed by atoms with van der Waals surface area (Å²) in [5.41, 5.74) is 0.181. The average Bonchev–Trinajstić information content (AvgIpc) is 2.71. The van der Waals surface area contributed by atoms with Gasteiger partial charge in [0, 0.05) is 18.1 Å². The number of aromatic hydroxyl groups is 1. The van der Waals surface area contributed by atoms with Crippen LogP contribution in [0.4, 0.5) is 5.69 Å². The summed E-state index contributed by atoms with van der Waals surface area (Å²) in [7, 11) is 1.53. The lowest BCUT2D eigenvalue weighted by atomic mass is 10.1. The van der Waals surface area contributed by atoms with Gasteiger partial charge in [-0.1, -0.05) is 6.07 Å². The Morgan fingerprint density at radius 1 is 1.25 bits per heavy atom. The Kier molecular flexibility index (Phi) is 4.52. The van der Waals surface area contributed by atoms with Gasteiger partial charge in [0.05, 0.1) is 12.1 Å². The second-order valence-corrected chi connectivity index (χ2v) is 7.87. The molecule has 1 unspecified atom stereocenters. The number of hydrogen-bond donors (Lipinski definition) is 1. The molecule has 2 aromatic carbocycles. The zero-order chi connectivity index (χ0) is 20.0. The maximum atomic E-state index is 13.1. The summed E-state index contributed by atoms with van der Waals surface area (Å²) in [6, 6.07) is 11.7. The van der Waals surface area contributed by atoms with E-state index in [0.29, 0.717) is 40.4 Å². The highest BCUT2D eigenvalue weighted by molar-refractivity contribution is 7.90. The van der Waals surface area contributed by atoms with Gasteiger partial charge in [-0.15, -0.1) is 0 Å². The fourth-order valence-electron chi connectivity index (χ4n) is 3.38. The van der Waals surface area contributed by atoms with E-state index in [-0.39, 0.29) is 11.3 Å². The van der Waals surface area contributed by atoms with Crippen LogP contribution in [0.1, 0.15) is 10.4 Å². The number of anilines is 1. The molecule has 0 spiro atoms. The number of pyridine rings is 1. The van der Waals surface area contributed by atoms with Crippen molar-refractivity contribution in [1.82, 2.24) is 4.57 Å². The SMILES string of the molecule is CN(C(=O)c1c(O)c2cccc3c2n(c1=O)CCO3)c1ccc([S+](C)[O-])cc1. The molecule has 2 heterocycles. The predicted molar refractivity (Wildman–Crippen MR) is 107 cm³/mol. The summed E-state index contributed by atoms with van der Waals surface area (Å²) in [4.78, 5) is 28.0. The van der Waals surface area contributed by atoms with E-state index in [4.69, 9.17) is 4.74 Å². The number of rotatable bonds is 3. The molecule has 0 bridgehead atoms. The smallest absolute Gasteiger partial charge is 0.267 e. The lowest BCUT2D eigenvalue weighted by Crippen LogP contribution is -2.36. The van der Waals surface area contributed by atoms with Gasteiger partial charge < -0.3 is 23.9 Å². The lowest BCUT2D eigenvalue weighted by molar-refractivity contribution is 0.0988. The van der Waals surface area contributed by atoms with Crippen molar-refractivity contribution in [3.8, 4) is 11.5 Å². The third-order valence-corrected chi connectivity index (χ3v) is 5.80. The molecule has 0 saturated heterocycles. The van der Waals surface area contributed by atoms with Crippen LogP contribution in [0, 0.1) is 0 Å². The molecular formula is C20H18N2O5S. The number of benzene rings is 2. The molecule has 0 radical (unpaired) electrons. The van der Waals surface area contributed by atoms with Crippen LogP contribution >= 0.6 is 0 Å². The van der Waals surface area contributed by atoms with Gasteiger partial charge in [0.1, 0.15) is 29.9 Å². The van der Waals surface area contributed by atoms with Gasteiger partial charge in [-0.2, -0.15) is 0 Å². The highest BCUT2D eigenvalue weighted by Gasteiger charge is 2.28. The highest BCUT2D eigenvalue weighted by Crippen LogP contribution is 2.34. The predicted octanol–water partition coefficient (Wildman–Crippen LogP) is 2.11. The second-order valence-electron chi connectivity index (χ2n) is 6.49. The number of amides is 1. The molecule has 0 aliphatic carbocycles. The van der Waals surface area contributed by atoms with Crippen LogP contribution in [0.15, 0.2) is 52.2 Å². The first-order chi connectivity index (χ1) is 13.4. The largest absolute Gasteiger partial charge is 0.612 e. The van der Waals surface area contributed by atoms with Crippen LogP contribution in [0.25, 0.3) is 10.9 Å². The van der Waals surface area contributed by atoms with E-state index >= 15 is 0 Å². The lowest BCUT2D eigenvalue weighted by Gasteiger charge is -2.23. The molecule has 1 aromatic heterocycles. The Labute approximate surface area is 164 Å². The topological polar surface area (TPSA) is 94.8 Å². The van der Waals surface area contributed by atoms with E-state index in [2.05, 4.69) is 0 Å². The first kappa shape index (κ1) is 18.4. The maximum absolute atomic E-state index is 13.1. The van der Waals surface area contributed by atoms with Gasteiger partial charge in [0.15, 0.2) is 4.90 Å². The number of ether oxygens (including phenoxy) is 1. The molecule has 1 atom stereocenters. The summed E-state index contributed by atoms with van der Waals surface area (Å²) < 4.78 is 18.6. The molecule has 1 N–H and O–H groups in total. The van der Waals surface area contributed by atoms with Crippen LogP contribution in [-0.2, 0) is 17.7 Å². The molecule has 8 heteroatoms. The zero-order valence-electron chi connectivity index (χ0n) is 15.3. The summed E-state index contributed by atoms with van der Waals surface area (Å²) in [6.45, 7) is 0.615. The number of nitrogens with zero attached hydrogens (tertiary/aromatic N) is 2. The molecule has 1 aliphatic rings. The van der Waals surface area contributed by atoms with Crippen molar-refractivity contribution >= 4 is 33.7 Å². The van der Waals surface area contributed by atoms with Crippen molar-refractivity contribution in [1.29, 1.82) is 0 Å². The molecule has 4 rings (SSSR count). The van der Waals surface area contributed by atoms with Crippen molar-refractivity contribution in [3.05, 3.63) is 58.4 Å². The Bertz CT molecular complexity index is 1140. The maximum Gasteiger partial charge on any atom is 0.267 e. The van der Waals surface area contributed by atoms with Gasteiger partial charge in [-0.05, 0) is 47.6 Å². The monoisotopic (exact) mass is 398 g/mol. The molecule has 0 fully saturated rings. The number of carbonyl (C=O) groups is 1.